The number of phenols is 1. The van der Waals surface area contributed by atoms with E-state index in [-0.39, 0.29) is 31.0 Å². The number of fused-ring (bicyclic) bond motifs is 1. The first-order valence-electron chi connectivity index (χ1n) is 15.2. The zero-order chi connectivity index (χ0) is 31.5. The van der Waals surface area contributed by atoms with Crippen LogP contribution >= 0.6 is 0 Å². The Balaban J connectivity index is 1.42. The molecular formula is C33H45N3O7. The van der Waals surface area contributed by atoms with Gasteiger partial charge in [-0.05, 0) is 83.2 Å². The average molecular weight is 596 g/mol. The number of benzene rings is 2. The van der Waals surface area contributed by atoms with Crippen LogP contribution in [-0.4, -0.2) is 56.8 Å². The smallest absolute Gasteiger partial charge is 0.310 e. The number of hydrogen-bond acceptors (Lipinski definition) is 9. The van der Waals surface area contributed by atoms with Crippen molar-refractivity contribution in [1.29, 1.82) is 0 Å². The van der Waals surface area contributed by atoms with Gasteiger partial charge in [0.2, 0.25) is 0 Å². The van der Waals surface area contributed by atoms with Gasteiger partial charge in [-0.2, -0.15) is 0 Å². The van der Waals surface area contributed by atoms with Gasteiger partial charge in [-0.15, -0.1) is 15.0 Å². The summed E-state index contributed by atoms with van der Waals surface area (Å²) < 4.78 is 16.1. The highest BCUT2D eigenvalue weighted by atomic mass is 16.6. The summed E-state index contributed by atoms with van der Waals surface area (Å²) in [6.07, 6.45) is 3.82. The molecule has 3 rings (SSSR count). The number of aryl methyl sites for hydroxylation is 1. The maximum Gasteiger partial charge on any atom is 0.310 e. The second kappa shape index (κ2) is 16.0. The van der Waals surface area contributed by atoms with E-state index in [0.717, 1.165) is 48.7 Å². The van der Waals surface area contributed by atoms with Crippen molar-refractivity contribution in [1.82, 2.24) is 15.0 Å². The van der Waals surface area contributed by atoms with Crippen LogP contribution in [-0.2, 0) is 35.0 Å². The molecular weight excluding hydrogens is 550 g/mol. The number of rotatable bonds is 16. The monoisotopic (exact) mass is 595 g/mol. The lowest BCUT2D eigenvalue weighted by molar-refractivity contribution is -0.166. The Bertz CT molecular complexity index is 1330. The second-order valence-corrected chi connectivity index (χ2v) is 11.6. The molecule has 0 saturated heterocycles. The molecule has 234 valence electrons. The van der Waals surface area contributed by atoms with Crippen molar-refractivity contribution in [2.24, 2.45) is 17.8 Å². The first kappa shape index (κ1) is 33.6. The standard InChI is InChI=1S/C33H45N3O7/c1-21(2)42-32(39)24(6)26(33(40)43-22(3)4)19-23(5)31(38)41-18-12-8-7-9-13-25-16-17-30(37)29(20-25)36-34-27-14-10-11-15-28(27)35-36/h10-11,14-17,20-24,26,37H,7-9,12-13,18-19H2,1-6H3. The number of hydrogen-bond donors (Lipinski definition) is 1. The minimum absolute atomic E-state index is 0.119. The lowest BCUT2D eigenvalue weighted by Crippen LogP contribution is -2.35. The Hall–Kier alpha value is -3.95. The molecule has 43 heavy (non-hydrogen) atoms. The van der Waals surface area contributed by atoms with Crippen molar-refractivity contribution >= 4 is 28.9 Å². The number of carbonyl (C=O) groups excluding carboxylic acids is 3. The molecule has 0 spiro atoms. The number of aromatic hydroxyl groups is 1. The molecule has 1 aromatic heterocycles. The predicted octanol–water partition coefficient (Wildman–Crippen LogP) is 5.95. The van der Waals surface area contributed by atoms with Crippen LogP contribution in [0.2, 0.25) is 0 Å². The van der Waals surface area contributed by atoms with Gasteiger partial charge in [0.05, 0.1) is 36.6 Å². The Morgan fingerprint density at radius 2 is 1.40 bits per heavy atom. The van der Waals surface area contributed by atoms with Crippen molar-refractivity contribution in [3.8, 4) is 11.4 Å². The summed E-state index contributed by atoms with van der Waals surface area (Å²) in [5, 5.41) is 19.3. The zero-order valence-electron chi connectivity index (χ0n) is 26.1. The second-order valence-electron chi connectivity index (χ2n) is 11.6. The van der Waals surface area contributed by atoms with Crippen LogP contribution < -0.4 is 0 Å². The van der Waals surface area contributed by atoms with Crippen molar-refractivity contribution in [3.05, 3.63) is 48.0 Å². The lowest BCUT2D eigenvalue weighted by Gasteiger charge is -2.25. The Morgan fingerprint density at radius 1 is 0.791 bits per heavy atom. The number of nitrogens with zero attached hydrogens (tertiary/aromatic N) is 3. The normalized spacial score (nSPS) is 13.6. The maximum absolute atomic E-state index is 12.7. The molecule has 1 N–H and O–H groups in total. The van der Waals surface area contributed by atoms with Crippen molar-refractivity contribution < 1.29 is 33.7 Å². The molecule has 0 aliphatic carbocycles. The number of phenolic OH excluding ortho intramolecular Hbond substituents is 1. The van der Waals surface area contributed by atoms with Gasteiger partial charge in [-0.25, -0.2) is 0 Å². The summed E-state index contributed by atoms with van der Waals surface area (Å²) in [4.78, 5) is 39.4. The number of unbranched alkanes of at least 4 members (excludes halogenated alkanes) is 3. The molecule has 3 unspecified atom stereocenters. The summed E-state index contributed by atoms with van der Waals surface area (Å²) in [7, 11) is 0. The minimum atomic E-state index is -0.806. The summed E-state index contributed by atoms with van der Waals surface area (Å²) in [6, 6.07) is 13.0. The summed E-state index contributed by atoms with van der Waals surface area (Å²) in [5.74, 6) is -3.42. The molecule has 0 bridgehead atoms. The maximum atomic E-state index is 12.7. The van der Waals surface area contributed by atoms with E-state index in [1.165, 1.54) is 4.80 Å². The summed E-state index contributed by atoms with van der Waals surface area (Å²) >= 11 is 0. The predicted molar refractivity (Wildman–Crippen MR) is 163 cm³/mol. The van der Waals surface area contributed by atoms with Crippen molar-refractivity contribution in [2.45, 2.75) is 92.3 Å². The molecule has 0 fully saturated rings. The van der Waals surface area contributed by atoms with Gasteiger partial charge >= 0.3 is 17.9 Å². The fraction of sp³-hybridized carbons (Fsp3) is 0.545. The quantitative estimate of drug-likeness (QED) is 0.121. The third-order valence-corrected chi connectivity index (χ3v) is 7.14. The molecule has 3 aromatic rings. The Morgan fingerprint density at radius 3 is 2.02 bits per heavy atom. The number of carbonyl (C=O) groups is 3. The highest BCUT2D eigenvalue weighted by molar-refractivity contribution is 5.83. The van der Waals surface area contributed by atoms with E-state index in [4.69, 9.17) is 14.2 Å². The van der Waals surface area contributed by atoms with Gasteiger partial charge in [0.15, 0.2) is 0 Å². The fourth-order valence-corrected chi connectivity index (χ4v) is 4.76. The van der Waals surface area contributed by atoms with Gasteiger partial charge in [0.1, 0.15) is 22.5 Å². The van der Waals surface area contributed by atoms with E-state index in [1.54, 1.807) is 47.6 Å². The molecule has 0 radical (unpaired) electrons. The van der Waals surface area contributed by atoms with E-state index < -0.39 is 35.7 Å². The highest BCUT2D eigenvalue weighted by Crippen LogP contribution is 2.26. The molecule has 1 heterocycles. The SMILES string of the molecule is CC(C)OC(=O)C(C)C(CC(C)C(=O)OCCCCCCc1ccc(O)c(-n2nc3ccccc3n2)c1)C(=O)OC(C)C. The van der Waals surface area contributed by atoms with Crippen LogP contribution in [0.5, 0.6) is 5.75 Å². The van der Waals surface area contributed by atoms with Gasteiger partial charge in [0, 0.05) is 0 Å². The largest absolute Gasteiger partial charge is 0.506 e. The number of ether oxygens (including phenoxy) is 3. The summed E-state index contributed by atoms with van der Waals surface area (Å²) in [5.41, 5.74) is 3.14. The van der Waals surface area contributed by atoms with Crippen LogP contribution in [0.15, 0.2) is 42.5 Å². The zero-order valence-corrected chi connectivity index (χ0v) is 26.1. The average Bonchev–Trinajstić information content (AvgIpc) is 3.39. The van der Waals surface area contributed by atoms with Gasteiger partial charge in [-0.3, -0.25) is 14.4 Å². The van der Waals surface area contributed by atoms with E-state index in [0.29, 0.717) is 5.69 Å². The van der Waals surface area contributed by atoms with E-state index in [1.807, 2.05) is 36.4 Å². The number of esters is 3. The van der Waals surface area contributed by atoms with Crippen molar-refractivity contribution in [3.63, 3.8) is 0 Å². The molecule has 0 aliphatic heterocycles. The third kappa shape index (κ3) is 10.1. The van der Waals surface area contributed by atoms with E-state index in [2.05, 4.69) is 10.2 Å². The van der Waals surface area contributed by atoms with E-state index >= 15 is 0 Å². The van der Waals surface area contributed by atoms with Crippen LogP contribution in [0.3, 0.4) is 0 Å². The van der Waals surface area contributed by atoms with Crippen LogP contribution in [0, 0.1) is 17.8 Å². The van der Waals surface area contributed by atoms with Gasteiger partial charge in [0.25, 0.3) is 0 Å². The van der Waals surface area contributed by atoms with Crippen LogP contribution in [0.25, 0.3) is 16.7 Å². The van der Waals surface area contributed by atoms with Gasteiger partial charge < -0.3 is 19.3 Å². The van der Waals surface area contributed by atoms with Gasteiger partial charge in [-0.1, -0.05) is 44.9 Å². The summed E-state index contributed by atoms with van der Waals surface area (Å²) in [6.45, 7) is 10.6. The molecule has 0 amide bonds. The topological polar surface area (TPSA) is 130 Å². The van der Waals surface area contributed by atoms with Crippen LogP contribution in [0.1, 0.15) is 79.2 Å². The molecule has 2 aromatic carbocycles. The highest BCUT2D eigenvalue weighted by Gasteiger charge is 2.36. The minimum Gasteiger partial charge on any atom is -0.506 e. The molecule has 0 saturated carbocycles. The third-order valence-electron chi connectivity index (χ3n) is 7.14. The first-order chi connectivity index (χ1) is 20.5. The van der Waals surface area contributed by atoms with Crippen molar-refractivity contribution in [2.75, 3.05) is 6.61 Å². The molecule has 3 atom stereocenters. The molecule has 10 nitrogen and oxygen atoms in total. The van der Waals surface area contributed by atoms with E-state index in [9.17, 15) is 19.5 Å². The molecule has 0 aliphatic rings. The van der Waals surface area contributed by atoms with Crippen LogP contribution in [0.4, 0.5) is 0 Å². The lowest BCUT2D eigenvalue weighted by atomic mass is 9.85. The molecule has 10 heteroatoms. The number of aromatic nitrogens is 3. The first-order valence-corrected chi connectivity index (χ1v) is 15.2. The Kier molecular flexibility index (Phi) is 12.5. The fourth-order valence-electron chi connectivity index (χ4n) is 4.76. The Labute approximate surface area is 253 Å².